The van der Waals surface area contributed by atoms with Crippen molar-refractivity contribution in [2.45, 2.75) is 26.8 Å². The molecule has 5 nitrogen and oxygen atoms in total. The first kappa shape index (κ1) is 12.4. The molecule has 0 radical (unpaired) electrons. The molecule has 0 rings (SSSR count). The molecular formula is C9H14N2O3. The van der Waals surface area contributed by atoms with Gasteiger partial charge in [-0.1, -0.05) is 13.8 Å². The van der Waals surface area contributed by atoms with E-state index in [9.17, 15) is 9.59 Å². The molecule has 5 heteroatoms. The van der Waals surface area contributed by atoms with Gasteiger partial charge in [0.25, 0.3) is 0 Å². The standard InChI is InChI=1S/C9H14N2O3/c1-6(2)8(9(13)14)11(5-4-10)7(3)12/h6,8H,5H2,1-3H3,(H,13,14). The molecule has 0 heterocycles. The second kappa shape index (κ2) is 5.22. The SMILES string of the molecule is CC(=O)N(CC#N)C(C(=O)O)C(C)C. The molecule has 1 amide bonds. The molecule has 0 saturated heterocycles. The first-order valence-electron chi connectivity index (χ1n) is 4.28. The zero-order valence-corrected chi connectivity index (χ0v) is 8.52. The molecule has 0 spiro atoms. The summed E-state index contributed by atoms with van der Waals surface area (Å²) < 4.78 is 0. The van der Waals surface area contributed by atoms with E-state index >= 15 is 0 Å². The predicted molar refractivity (Wildman–Crippen MR) is 49.3 cm³/mol. The Kier molecular flexibility index (Phi) is 4.64. The minimum Gasteiger partial charge on any atom is -0.480 e. The van der Waals surface area contributed by atoms with Gasteiger partial charge in [0, 0.05) is 6.92 Å². The van der Waals surface area contributed by atoms with Gasteiger partial charge in [0.1, 0.15) is 12.6 Å². The average molecular weight is 198 g/mol. The van der Waals surface area contributed by atoms with Crippen LogP contribution in [0.1, 0.15) is 20.8 Å². The van der Waals surface area contributed by atoms with E-state index in [2.05, 4.69) is 0 Å². The maximum atomic E-state index is 11.1. The maximum Gasteiger partial charge on any atom is 0.326 e. The van der Waals surface area contributed by atoms with E-state index < -0.39 is 17.9 Å². The van der Waals surface area contributed by atoms with E-state index in [4.69, 9.17) is 10.4 Å². The summed E-state index contributed by atoms with van der Waals surface area (Å²) in [4.78, 5) is 23.0. The minimum atomic E-state index is -1.08. The van der Waals surface area contributed by atoms with E-state index in [-0.39, 0.29) is 12.5 Å². The number of amides is 1. The van der Waals surface area contributed by atoms with Crippen LogP contribution < -0.4 is 0 Å². The number of nitrogens with zero attached hydrogens (tertiary/aromatic N) is 2. The van der Waals surface area contributed by atoms with Crippen LogP contribution in [0.4, 0.5) is 0 Å². The number of aliphatic carboxylic acids is 1. The monoisotopic (exact) mass is 198 g/mol. The smallest absolute Gasteiger partial charge is 0.326 e. The molecule has 0 aromatic carbocycles. The molecular weight excluding hydrogens is 184 g/mol. The van der Waals surface area contributed by atoms with Crippen LogP contribution >= 0.6 is 0 Å². The molecule has 0 aromatic heterocycles. The number of carboxylic acid groups (broad SMARTS) is 1. The zero-order chi connectivity index (χ0) is 11.3. The lowest BCUT2D eigenvalue weighted by Gasteiger charge is -2.28. The number of hydrogen-bond acceptors (Lipinski definition) is 3. The summed E-state index contributed by atoms with van der Waals surface area (Å²) in [6.07, 6.45) is 0. The second-order valence-electron chi connectivity index (χ2n) is 3.33. The molecule has 0 fully saturated rings. The first-order valence-corrected chi connectivity index (χ1v) is 4.28. The van der Waals surface area contributed by atoms with Gasteiger partial charge in [-0.3, -0.25) is 4.79 Å². The zero-order valence-electron chi connectivity index (χ0n) is 8.52. The van der Waals surface area contributed by atoms with Gasteiger partial charge in [-0.25, -0.2) is 4.79 Å². The summed E-state index contributed by atoms with van der Waals surface area (Å²) in [6, 6.07) is 0.857. The summed E-state index contributed by atoms with van der Waals surface area (Å²) >= 11 is 0. The number of hydrogen-bond donors (Lipinski definition) is 1. The summed E-state index contributed by atoms with van der Waals surface area (Å²) in [5.41, 5.74) is 0. The highest BCUT2D eigenvalue weighted by molar-refractivity contribution is 5.82. The molecule has 0 aromatic rings. The molecule has 0 aliphatic heterocycles. The van der Waals surface area contributed by atoms with Crippen molar-refractivity contribution in [3.05, 3.63) is 0 Å². The van der Waals surface area contributed by atoms with Gasteiger partial charge in [-0.05, 0) is 5.92 Å². The van der Waals surface area contributed by atoms with Gasteiger partial charge in [-0.15, -0.1) is 0 Å². The van der Waals surface area contributed by atoms with Crippen molar-refractivity contribution in [1.29, 1.82) is 5.26 Å². The first-order chi connectivity index (χ1) is 6.41. The Morgan fingerprint density at radius 2 is 2.00 bits per heavy atom. The molecule has 1 atom stereocenters. The van der Waals surface area contributed by atoms with Gasteiger partial charge >= 0.3 is 5.97 Å². The molecule has 0 bridgehead atoms. The summed E-state index contributed by atoms with van der Waals surface area (Å²) in [5.74, 6) is -1.69. The van der Waals surface area contributed by atoms with Crippen molar-refractivity contribution < 1.29 is 14.7 Å². The fraction of sp³-hybridized carbons (Fsp3) is 0.667. The predicted octanol–water partition coefficient (Wildman–Crippen LogP) is 0.468. The average Bonchev–Trinajstić information content (AvgIpc) is 2.01. The number of rotatable bonds is 4. The number of nitriles is 1. The van der Waals surface area contributed by atoms with Crippen LogP contribution in [-0.2, 0) is 9.59 Å². The van der Waals surface area contributed by atoms with E-state index in [1.54, 1.807) is 19.9 Å². The largest absolute Gasteiger partial charge is 0.480 e. The van der Waals surface area contributed by atoms with E-state index in [1.165, 1.54) is 6.92 Å². The van der Waals surface area contributed by atoms with Crippen LogP contribution in [0.15, 0.2) is 0 Å². The van der Waals surface area contributed by atoms with Crippen molar-refractivity contribution in [2.75, 3.05) is 6.54 Å². The van der Waals surface area contributed by atoms with Crippen LogP contribution in [0.5, 0.6) is 0 Å². The van der Waals surface area contributed by atoms with Gasteiger partial charge < -0.3 is 10.0 Å². The number of carboxylic acids is 1. The van der Waals surface area contributed by atoms with Crippen LogP contribution in [0, 0.1) is 17.2 Å². The van der Waals surface area contributed by atoms with E-state index in [1.807, 2.05) is 0 Å². The van der Waals surface area contributed by atoms with Crippen LogP contribution in [-0.4, -0.2) is 34.5 Å². The third-order valence-electron chi connectivity index (χ3n) is 1.87. The molecule has 0 saturated carbocycles. The quantitative estimate of drug-likeness (QED) is 0.665. The Morgan fingerprint density at radius 1 is 1.50 bits per heavy atom. The Balaban J connectivity index is 4.84. The molecule has 78 valence electrons. The third-order valence-corrected chi connectivity index (χ3v) is 1.87. The topological polar surface area (TPSA) is 81.4 Å². The highest BCUT2D eigenvalue weighted by Crippen LogP contribution is 2.11. The van der Waals surface area contributed by atoms with Crippen molar-refractivity contribution in [2.24, 2.45) is 5.92 Å². The van der Waals surface area contributed by atoms with Crippen molar-refractivity contribution in [1.82, 2.24) is 4.90 Å². The van der Waals surface area contributed by atoms with E-state index in [0.29, 0.717) is 0 Å². The minimum absolute atomic E-state index is 0.190. The fourth-order valence-corrected chi connectivity index (χ4v) is 1.26. The van der Waals surface area contributed by atoms with Crippen molar-refractivity contribution in [3.63, 3.8) is 0 Å². The van der Waals surface area contributed by atoms with Gasteiger partial charge in [0.2, 0.25) is 5.91 Å². The number of carbonyl (C=O) groups excluding carboxylic acids is 1. The highest BCUT2D eigenvalue weighted by Gasteiger charge is 2.30. The lowest BCUT2D eigenvalue weighted by molar-refractivity contribution is -0.150. The summed E-state index contributed by atoms with van der Waals surface area (Å²) in [5, 5.41) is 17.3. The van der Waals surface area contributed by atoms with Crippen LogP contribution in [0.25, 0.3) is 0 Å². The van der Waals surface area contributed by atoms with Crippen LogP contribution in [0.3, 0.4) is 0 Å². The third kappa shape index (κ3) is 3.05. The lowest BCUT2D eigenvalue weighted by atomic mass is 10.0. The molecule has 0 aliphatic rings. The van der Waals surface area contributed by atoms with Gasteiger partial charge in [0.05, 0.1) is 6.07 Å². The van der Waals surface area contributed by atoms with Crippen LogP contribution in [0.2, 0.25) is 0 Å². The van der Waals surface area contributed by atoms with Crippen molar-refractivity contribution in [3.8, 4) is 6.07 Å². The highest BCUT2D eigenvalue weighted by atomic mass is 16.4. The Labute approximate surface area is 82.9 Å². The Morgan fingerprint density at radius 3 is 2.21 bits per heavy atom. The fourth-order valence-electron chi connectivity index (χ4n) is 1.26. The normalized spacial score (nSPS) is 11.9. The second-order valence-corrected chi connectivity index (χ2v) is 3.33. The Hall–Kier alpha value is -1.57. The molecule has 1 N–H and O–H groups in total. The summed E-state index contributed by atoms with van der Waals surface area (Å²) in [7, 11) is 0. The lowest BCUT2D eigenvalue weighted by Crippen LogP contribution is -2.47. The van der Waals surface area contributed by atoms with E-state index in [0.717, 1.165) is 4.90 Å². The Bertz CT molecular complexity index is 268. The van der Waals surface area contributed by atoms with Gasteiger partial charge in [-0.2, -0.15) is 5.26 Å². The molecule has 14 heavy (non-hydrogen) atoms. The van der Waals surface area contributed by atoms with Crippen molar-refractivity contribution >= 4 is 11.9 Å². The molecule has 0 aliphatic carbocycles. The summed E-state index contributed by atoms with van der Waals surface area (Å²) in [6.45, 7) is 4.47. The number of carbonyl (C=O) groups is 2. The van der Waals surface area contributed by atoms with Gasteiger partial charge in [0.15, 0.2) is 0 Å². The molecule has 1 unspecified atom stereocenters. The maximum absolute atomic E-state index is 11.1.